The number of amides is 1. The van der Waals surface area contributed by atoms with Gasteiger partial charge in [0, 0.05) is 18.8 Å². The van der Waals surface area contributed by atoms with Crippen molar-refractivity contribution in [2.24, 2.45) is 5.92 Å². The molecule has 1 amide bonds. The molecule has 5 nitrogen and oxygen atoms in total. The van der Waals surface area contributed by atoms with E-state index in [-0.39, 0.29) is 5.91 Å². The Morgan fingerprint density at radius 1 is 1.12 bits per heavy atom. The Bertz CT molecular complexity index is 660. The van der Waals surface area contributed by atoms with Crippen LogP contribution in [-0.4, -0.2) is 47.6 Å². The topological polar surface area (TPSA) is 60.9 Å². The number of hydrogen-bond acceptors (Lipinski definition) is 3. The largest absolute Gasteiger partial charge is 0.481 e. The zero-order valence-electron chi connectivity index (χ0n) is 13.5. The van der Waals surface area contributed by atoms with Gasteiger partial charge in [-0.3, -0.25) is 14.5 Å². The van der Waals surface area contributed by atoms with E-state index in [1.54, 1.807) is 0 Å². The van der Waals surface area contributed by atoms with Gasteiger partial charge in [0.2, 0.25) is 5.91 Å². The zero-order valence-corrected chi connectivity index (χ0v) is 13.5. The highest BCUT2D eigenvalue weighted by molar-refractivity contribution is 5.99. The van der Waals surface area contributed by atoms with E-state index in [4.69, 9.17) is 0 Å². The van der Waals surface area contributed by atoms with Crippen LogP contribution in [0.2, 0.25) is 0 Å². The average Bonchev–Trinajstić information content (AvgIpc) is 2.96. The summed E-state index contributed by atoms with van der Waals surface area (Å²) in [5, 5.41) is 9.17. The van der Waals surface area contributed by atoms with Crippen LogP contribution in [0.3, 0.4) is 0 Å². The van der Waals surface area contributed by atoms with Crippen LogP contribution in [0.25, 0.3) is 0 Å². The smallest absolute Gasteiger partial charge is 0.416 e. The summed E-state index contributed by atoms with van der Waals surface area (Å²) in [6.45, 7) is 1.43. The maximum atomic E-state index is 12.7. The van der Waals surface area contributed by atoms with E-state index in [1.807, 2.05) is 4.90 Å². The molecule has 2 heterocycles. The number of carboxylic acids is 1. The molecule has 2 unspecified atom stereocenters. The number of nitrogens with zero attached hydrogens (tertiary/aromatic N) is 2. The molecule has 0 spiro atoms. The van der Waals surface area contributed by atoms with Crippen molar-refractivity contribution >= 4 is 17.6 Å². The summed E-state index contributed by atoms with van der Waals surface area (Å²) < 4.78 is 37.9. The predicted molar refractivity (Wildman–Crippen MR) is 84.1 cm³/mol. The summed E-state index contributed by atoms with van der Waals surface area (Å²) in [5.41, 5.74) is -0.313. The number of alkyl halides is 3. The molecule has 2 aliphatic rings. The first-order chi connectivity index (χ1) is 11.8. The molecule has 25 heavy (non-hydrogen) atoms. The Kier molecular flexibility index (Phi) is 4.73. The Balaban J connectivity index is 1.70. The molecule has 0 saturated carbocycles. The lowest BCUT2D eigenvalue weighted by atomic mass is 9.96. The fourth-order valence-corrected chi connectivity index (χ4v) is 3.58. The van der Waals surface area contributed by atoms with Crippen LogP contribution in [0, 0.1) is 5.92 Å². The maximum absolute atomic E-state index is 12.7. The average molecular weight is 356 g/mol. The van der Waals surface area contributed by atoms with Crippen molar-refractivity contribution in [3.05, 3.63) is 29.8 Å². The van der Waals surface area contributed by atoms with Crippen molar-refractivity contribution in [1.29, 1.82) is 0 Å². The lowest BCUT2D eigenvalue weighted by Gasteiger charge is -2.34. The van der Waals surface area contributed by atoms with E-state index in [0.717, 1.165) is 18.6 Å². The maximum Gasteiger partial charge on any atom is 0.416 e. The van der Waals surface area contributed by atoms with Gasteiger partial charge in [-0.15, -0.1) is 0 Å². The van der Waals surface area contributed by atoms with Crippen LogP contribution in [0.15, 0.2) is 24.3 Å². The second-order valence-corrected chi connectivity index (χ2v) is 6.51. The molecule has 1 N–H and O–H groups in total. The third-order valence-electron chi connectivity index (χ3n) is 4.93. The van der Waals surface area contributed by atoms with Crippen LogP contribution >= 0.6 is 0 Å². The Morgan fingerprint density at radius 3 is 2.40 bits per heavy atom. The van der Waals surface area contributed by atoms with Gasteiger partial charge in [-0.2, -0.15) is 13.2 Å². The van der Waals surface area contributed by atoms with Crippen LogP contribution < -0.4 is 4.90 Å². The number of likely N-dealkylation sites (tertiary alicyclic amines) is 1. The lowest BCUT2D eigenvalue weighted by molar-refractivity contribution is -0.144. The summed E-state index contributed by atoms with van der Waals surface area (Å²) in [6, 6.07) is 4.15. The van der Waals surface area contributed by atoms with Gasteiger partial charge in [0.1, 0.15) is 0 Å². The fraction of sp³-hybridized carbons (Fsp3) is 0.529. The molecule has 0 aliphatic carbocycles. The first-order valence-electron chi connectivity index (χ1n) is 8.23. The number of carboxylic acid groups (broad SMARTS) is 1. The minimum absolute atomic E-state index is 0.175. The molecule has 1 aromatic carbocycles. The molecule has 2 aliphatic heterocycles. The van der Waals surface area contributed by atoms with Crippen molar-refractivity contribution < 1.29 is 27.9 Å². The number of benzene rings is 1. The predicted octanol–water partition coefficient (Wildman–Crippen LogP) is 2.61. The van der Waals surface area contributed by atoms with Crippen molar-refractivity contribution in [3.63, 3.8) is 0 Å². The molecular weight excluding hydrogens is 337 g/mol. The van der Waals surface area contributed by atoms with Gasteiger partial charge in [-0.25, -0.2) is 0 Å². The highest BCUT2D eigenvalue weighted by atomic mass is 19.4. The highest BCUT2D eigenvalue weighted by Gasteiger charge is 2.39. The molecule has 0 bridgehead atoms. The second-order valence-electron chi connectivity index (χ2n) is 6.51. The summed E-state index contributed by atoms with van der Waals surface area (Å²) in [5.74, 6) is -1.50. The Labute approximate surface area is 143 Å². The van der Waals surface area contributed by atoms with Crippen LogP contribution in [0.1, 0.15) is 24.8 Å². The zero-order chi connectivity index (χ0) is 18.2. The fourth-order valence-electron chi connectivity index (χ4n) is 3.58. The third-order valence-corrected chi connectivity index (χ3v) is 4.93. The van der Waals surface area contributed by atoms with Gasteiger partial charge in [0.25, 0.3) is 0 Å². The van der Waals surface area contributed by atoms with Gasteiger partial charge >= 0.3 is 12.1 Å². The van der Waals surface area contributed by atoms with E-state index in [9.17, 15) is 27.9 Å². The molecule has 3 rings (SSSR count). The first-order valence-corrected chi connectivity index (χ1v) is 8.23. The molecule has 1 aromatic rings. The number of carbonyl (C=O) groups is 2. The van der Waals surface area contributed by atoms with E-state index >= 15 is 0 Å². The van der Waals surface area contributed by atoms with Gasteiger partial charge in [0.05, 0.1) is 17.5 Å². The molecule has 8 heteroatoms. The van der Waals surface area contributed by atoms with Crippen LogP contribution in [0.5, 0.6) is 0 Å². The quantitative estimate of drug-likeness (QED) is 0.904. The highest BCUT2D eigenvalue weighted by Crippen LogP contribution is 2.32. The molecule has 2 fully saturated rings. The molecule has 136 valence electrons. The molecule has 0 aromatic heterocycles. The molecule has 2 saturated heterocycles. The number of aliphatic carboxylic acids is 1. The Morgan fingerprint density at radius 2 is 1.80 bits per heavy atom. The van der Waals surface area contributed by atoms with E-state index < -0.39 is 29.7 Å². The second kappa shape index (κ2) is 6.67. The number of rotatable bonds is 3. The van der Waals surface area contributed by atoms with Gasteiger partial charge < -0.3 is 10.0 Å². The SMILES string of the molecule is O=C(O)C1CCCN(C2CCN(c3ccc(C(F)(F)F)cc3)C2=O)C1. The van der Waals surface area contributed by atoms with E-state index in [1.165, 1.54) is 17.0 Å². The molecule has 2 atom stereocenters. The minimum atomic E-state index is -4.41. The summed E-state index contributed by atoms with van der Waals surface area (Å²) in [6.07, 6.45) is -2.53. The third kappa shape index (κ3) is 3.63. The first kappa shape index (κ1) is 17.7. The van der Waals surface area contributed by atoms with Crippen LogP contribution in [0.4, 0.5) is 18.9 Å². The van der Waals surface area contributed by atoms with Crippen molar-refractivity contribution in [2.45, 2.75) is 31.5 Å². The van der Waals surface area contributed by atoms with Gasteiger partial charge in [-0.1, -0.05) is 0 Å². The number of carbonyl (C=O) groups excluding carboxylic acids is 1. The Hall–Kier alpha value is -2.09. The summed E-state index contributed by atoms with van der Waals surface area (Å²) >= 11 is 0. The van der Waals surface area contributed by atoms with Gasteiger partial charge in [0.15, 0.2) is 0 Å². The monoisotopic (exact) mass is 356 g/mol. The van der Waals surface area contributed by atoms with Gasteiger partial charge in [-0.05, 0) is 50.1 Å². The number of anilines is 1. The van der Waals surface area contributed by atoms with Crippen molar-refractivity contribution in [2.75, 3.05) is 24.5 Å². The minimum Gasteiger partial charge on any atom is -0.481 e. The van der Waals surface area contributed by atoms with E-state index in [0.29, 0.717) is 38.2 Å². The number of hydrogen-bond donors (Lipinski definition) is 1. The van der Waals surface area contributed by atoms with E-state index in [2.05, 4.69) is 0 Å². The van der Waals surface area contributed by atoms with Crippen LogP contribution in [-0.2, 0) is 15.8 Å². The number of piperidine rings is 1. The molecule has 0 radical (unpaired) electrons. The summed E-state index contributed by atoms with van der Waals surface area (Å²) in [7, 11) is 0. The summed E-state index contributed by atoms with van der Waals surface area (Å²) in [4.78, 5) is 27.2. The molecular formula is C17H19F3N2O3. The van der Waals surface area contributed by atoms with Crippen molar-refractivity contribution in [3.8, 4) is 0 Å². The number of halogens is 3. The standard InChI is InChI=1S/C17H19F3N2O3/c18-17(19,20)12-3-5-13(6-4-12)22-9-7-14(15(22)23)21-8-1-2-11(10-21)16(24)25/h3-6,11,14H,1-2,7-10H2,(H,24,25). The lowest BCUT2D eigenvalue weighted by Crippen LogP contribution is -2.48. The van der Waals surface area contributed by atoms with Crippen molar-refractivity contribution in [1.82, 2.24) is 4.90 Å². The normalized spacial score (nSPS) is 25.4.